The van der Waals surface area contributed by atoms with Gasteiger partial charge in [0.2, 0.25) is 15.9 Å². The molecule has 1 amide bonds. The summed E-state index contributed by atoms with van der Waals surface area (Å²) in [5.74, 6) is -0.279. The summed E-state index contributed by atoms with van der Waals surface area (Å²) in [4.78, 5) is 20.5. The van der Waals surface area contributed by atoms with Crippen molar-refractivity contribution in [2.24, 2.45) is 0 Å². The molecule has 2 aromatic carbocycles. The van der Waals surface area contributed by atoms with Gasteiger partial charge in [0.25, 0.3) is 0 Å². The number of hydrogen-bond acceptors (Lipinski definition) is 6. The molecule has 0 radical (unpaired) electrons. The minimum atomic E-state index is -3.87. The molecule has 1 aromatic heterocycles. The molecule has 3 heterocycles. The fourth-order valence-corrected chi connectivity index (χ4v) is 7.62. The molecule has 2 saturated heterocycles. The zero-order chi connectivity index (χ0) is 24.7. The van der Waals surface area contributed by atoms with E-state index in [0.717, 1.165) is 28.6 Å². The monoisotopic (exact) mass is 553 g/mol. The topological polar surface area (TPSA) is 79.8 Å². The number of carbonyl (C=O) groups is 1. The number of carbonyl (C=O) groups excluding carboxylic acids is 1. The molecule has 0 saturated carbocycles. The number of benzene rings is 2. The summed E-state index contributed by atoms with van der Waals surface area (Å²) < 4.78 is 35.0. The van der Waals surface area contributed by atoms with Gasteiger partial charge in [-0.15, -0.1) is 0 Å². The first kappa shape index (κ1) is 24.9. The van der Waals surface area contributed by atoms with Crippen molar-refractivity contribution >= 4 is 65.8 Å². The van der Waals surface area contributed by atoms with Gasteiger partial charge >= 0.3 is 0 Å². The number of anilines is 1. The van der Waals surface area contributed by atoms with Crippen LogP contribution in [-0.4, -0.2) is 55.5 Å². The average Bonchev–Trinajstić information content (AvgIpc) is 3.60. The summed E-state index contributed by atoms with van der Waals surface area (Å²) in [6.07, 6.45) is 2.71. The lowest BCUT2D eigenvalue weighted by Crippen LogP contribution is -2.49. The Morgan fingerprint density at radius 3 is 2.66 bits per heavy atom. The Morgan fingerprint density at radius 2 is 1.94 bits per heavy atom. The Labute approximate surface area is 218 Å². The Morgan fingerprint density at radius 1 is 1.17 bits per heavy atom. The van der Waals surface area contributed by atoms with Gasteiger partial charge in [0.05, 0.1) is 27.8 Å². The Bertz CT molecular complexity index is 1360. The van der Waals surface area contributed by atoms with Crippen LogP contribution in [0.15, 0.2) is 41.3 Å². The molecule has 186 valence electrons. The number of aryl methyl sites for hydroxylation is 1. The summed E-state index contributed by atoms with van der Waals surface area (Å²) in [6.45, 7) is 3.17. The second-order valence-corrected chi connectivity index (χ2v) is 12.6. The van der Waals surface area contributed by atoms with Crippen LogP contribution in [0, 0.1) is 6.92 Å². The van der Waals surface area contributed by atoms with Gasteiger partial charge < -0.3 is 4.74 Å². The van der Waals surface area contributed by atoms with Crippen molar-refractivity contribution < 1.29 is 17.9 Å². The third-order valence-electron chi connectivity index (χ3n) is 6.55. The normalized spacial score (nSPS) is 21.1. The van der Waals surface area contributed by atoms with Gasteiger partial charge in [0.1, 0.15) is 6.04 Å². The summed E-state index contributed by atoms with van der Waals surface area (Å²) in [7, 11) is -3.87. The molecule has 7 nitrogen and oxygen atoms in total. The van der Waals surface area contributed by atoms with Crippen molar-refractivity contribution in [2.75, 3.05) is 24.6 Å². The maximum atomic E-state index is 14.0. The molecule has 0 spiro atoms. The number of aromatic nitrogens is 1. The van der Waals surface area contributed by atoms with E-state index < -0.39 is 16.1 Å². The molecular formula is C24H25Cl2N3O4S2. The Kier molecular flexibility index (Phi) is 7.09. The number of fused-ring (bicyclic) bond motifs is 1. The predicted molar refractivity (Wildman–Crippen MR) is 139 cm³/mol. The van der Waals surface area contributed by atoms with Gasteiger partial charge in [0.15, 0.2) is 5.13 Å². The maximum Gasteiger partial charge on any atom is 0.247 e. The van der Waals surface area contributed by atoms with Crippen molar-refractivity contribution in [1.29, 1.82) is 0 Å². The van der Waals surface area contributed by atoms with E-state index >= 15 is 0 Å². The van der Waals surface area contributed by atoms with Crippen molar-refractivity contribution in [1.82, 2.24) is 9.29 Å². The zero-order valence-electron chi connectivity index (χ0n) is 19.1. The standard InChI is InChI=1S/C24H25Cl2N3O4S2/c1-15-19(26)10-11-21-22(15)27-24(34-21)28(14-17-4-3-13-33-17)23(30)20-5-2-12-29(20)35(31,32)18-8-6-16(25)7-9-18/h6-11,17,20H,2-5,12-14H2,1H3. The number of amides is 1. The number of rotatable bonds is 6. The molecule has 2 aliphatic heterocycles. The number of ether oxygens (including phenoxy) is 1. The van der Waals surface area contributed by atoms with E-state index in [2.05, 4.69) is 0 Å². The lowest BCUT2D eigenvalue weighted by atomic mass is 10.2. The van der Waals surface area contributed by atoms with Crippen molar-refractivity contribution in [3.63, 3.8) is 0 Å². The van der Waals surface area contributed by atoms with Crippen LogP contribution in [0.25, 0.3) is 10.2 Å². The predicted octanol–water partition coefficient (Wildman–Crippen LogP) is 5.28. The first-order valence-corrected chi connectivity index (χ1v) is 14.5. The minimum Gasteiger partial charge on any atom is -0.376 e. The molecule has 2 atom stereocenters. The van der Waals surface area contributed by atoms with Gasteiger partial charge in [-0.2, -0.15) is 4.31 Å². The van der Waals surface area contributed by atoms with E-state index in [4.69, 9.17) is 32.9 Å². The SMILES string of the molecule is Cc1c(Cl)ccc2sc(N(CC3CCCO3)C(=O)C3CCCN3S(=O)(=O)c3ccc(Cl)cc3)nc12. The molecule has 2 aliphatic rings. The first-order chi connectivity index (χ1) is 16.8. The van der Waals surface area contributed by atoms with Crippen LogP contribution < -0.4 is 4.90 Å². The van der Waals surface area contributed by atoms with E-state index in [9.17, 15) is 13.2 Å². The number of nitrogens with zero attached hydrogens (tertiary/aromatic N) is 3. The van der Waals surface area contributed by atoms with E-state index in [-0.39, 0.29) is 23.5 Å². The molecular weight excluding hydrogens is 529 g/mol. The van der Waals surface area contributed by atoms with Crippen molar-refractivity contribution in [3.05, 3.63) is 52.0 Å². The number of thiazole rings is 1. The van der Waals surface area contributed by atoms with Crippen LogP contribution in [0.2, 0.25) is 10.0 Å². The van der Waals surface area contributed by atoms with Crippen molar-refractivity contribution in [2.45, 2.75) is 49.6 Å². The van der Waals surface area contributed by atoms with E-state index in [0.29, 0.717) is 41.2 Å². The zero-order valence-corrected chi connectivity index (χ0v) is 22.3. The summed E-state index contributed by atoms with van der Waals surface area (Å²) in [6, 6.07) is 8.94. The van der Waals surface area contributed by atoms with E-state index in [1.54, 1.807) is 17.0 Å². The van der Waals surface area contributed by atoms with Gasteiger partial charge in [-0.25, -0.2) is 13.4 Å². The highest BCUT2D eigenvalue weighted by atomic mass is 35.5. The Hall–Kier alpha value is -1.75. The lowest BCUT2D eigenvalue weighted by molar-refractivity contribution is -0.122. The average molecular weight is 555 g/mol. The highest BCUT2D eigenvalue weighted by Crippen LogP contribution is 2.36. The lowest BCUT2D eigenvalue weighted by Gasteiger charge is -2.29. The molecule has 5 rings (SSSR count). The number of hydrogen-bond donors (Lipinski definition) is 0. The summed E-state index contributed by atoms with van der Waals surface area (Å²) >= 11 is 13.7. The fourth-order valence-electron chi connectivity index (χ4n) is 4.66. The molecule has 11 heteroatoms. The molecule has 0 aliphatic carbocycles. The second kappa shape index (κ2) is 9.95. The largest absolute Gasteiger partial charge is 0.376 e. The van der Waals surface area contributed by atoms with Gasteiger partial charge in [-0.3, -0.25) is 9.69 Å². The third-order valence-corrected chi connectivity index (χ3v) is 10.2. The molecule has 2 fully saturated rings. The van der Waals surface area contributed by atoms with E-state index in [1.807, 2.05) is 19.1 Å². The van der Waals surface area contributed by atoms with Crippen LogP contribution in [-0.2, 0) is 19.6 Å². The van der Waals surface area contributed by atoms with Gasteiger partial charge in [0, 0.05) is 23.2 Å². The molecule has 0 N–H and O–H groups in total. The highest BCUT2D eigenvalue weighted by molar-refractivity contribution is 7.89. The molecule has 2 unspecified atom stereocenters. The van der Waals surface area contributed by atoms with Gasteiger partial charge in [-0.1, -0.05) is 34.5 Å². The van der Waals surface area contributed by atoms with Gasteiger partial charge in [-0.05, 0) is 74.6 Å². The third kappa shape index (κ3) is 4.82. The van der Waals surface area contributed by atoms with Crippen molar-refractivity contribution in [3.8, 4) is 0 Å². The van der Waals surface area contributed by atoms with Crippen LogP contribution >= 0.6 is 34.5 Å². The fraction of sp³-hybridized carbons (Fsp3) is 0.417. The number of sulfonamides is 1. The van der Waals surface area contributed by atoms with E-state index in [1.165, 1.54) is 27.8 Å². The smallest absolute Gasteiger partial charge is 0.247 e. The molecule has 3 aromatic rings. The van der Waals surface area contributed by atoms with Crippen LogP contribution in [0.1, 0.15) is 31.2 Å². The van der Waals surface area contributed by atoms with Crippen LogP contribution in [0.3, 0.4) is 0 Å². The van der Waals surface area contributed by atoms with Crippen LogP contribution in [0.5, 0.6) is 0 Å². The molecule has 35 heavy (non-hydrogen) atoms. The second-order valence-electron chi connectivity index (χ2n) is 8.83. The summed E-state index contributed by atoms with van der Waals surface area (Å²) in [5, 5.41) is 1.59. The Balaban J connectivity index is 1.50. The first-order valence-electron chi connectivity index (χ1n) is 11.5. The maximum absolute atomic E-state index is 14.0. The minimum absolute atomic E-state index is 0.113. The van der Waals surface area contributed by atoms with Crippen LogP contribution in [0.4, 0.5) is 5.13 Å². The summed E-state index contributed by atoms with van der Waals surface area (Å²) in [5.41, 5.74) is 1.60. The molecule has 0 bridgehead atoms. The number of halogens is 2. The highest BCUT2D eigenvalue weighted by Gasteiger charge is 2.42. The quantitative estimate of drug-likeness (QED) is 0.415.